The highest BCUT2D eigenvalue weighted by atomic mass is 16.5. The first kappa shape index (κ1) is 21.0. The van der Waals surface area contributed by atoms with Gasteiger partial charge in [-0.1, -0.05) is 48.5 Å². The molecule has 6 heteroatoms. The Hall–Kier alpha value is -3.28. The number of carbonyl (C=O) groups is 2. The molecule has 31 heavy (non-hydrogen) atoms. The van der Waals surface area contributed by atoms with Gasteiger partial charge in [0.15, 0.2) is 5.76 Å². The Morgan fingerprint density at radius 2 is 1.90 bits per heavy atom. The number of amides is 2. The molecule has 4 rings (SSSR count). The van der Waals surface area contributed by atoms with Gasteiger partial charge in [0.1, 0.15) is 11.9 Å². The zero-order valence-corrected chi connectivity index (χ0v) is 17.9. The van der Waals surface area contributed by atoms with Gasteiger partial charge in [-0.2, -0.15) is 0 Å². The van der Waals surface area contributed by atoms with Gasteiger partial charge in [-0.05, 0) is 37.0 Å². The monoisotopic (exact) mass is 420 g/mol. The molecule has 0 spiro atoms. The molecule has 1 aliphatic carbocycles. The maximum absolute atomic E-state index is 13.0. The standard InChI is InChI=1S/C25H28N2O4/c1-27(16-17-8-4-3-5-9-17)25(29)19-12-13-22-20(14-19)26-24(28)23(31-22)15-18-10-6-7-11-21(18)30-2/h3-11,15,19-20,22H,12-14,16H2,1-2H3,(H,26,28)/b23-15-. The number of nitrogens with one attached hydrogen (secondary N) is 1. The number of methoxy groups -OCH3 is 1. The van der Waals surface area contributed by atoms with Crippen LogP contribution in [0.1, 0.15) is 30.4 Å². The summed E-state index contributed by atoms with van der Waals surface area (Å²) in [7, 11) is 3.44. The number of ether oxygens (including phenoxy) is 2. The maximum atomic E-state index is 13.0. The highest BCUT2D eigenvalue weighted by molar-refractivity contribution is 5.97. The summed E-state index contributed by atoms with van der Waals surface area (Å²) in [6.07, 6.45) is 3.66. The van der Waals surface area contributed by atoms with E-state index >= 15 is 0 Å². The molecule has 1 aliphatic heterocycles. The van der Waals surface area contributed by atoms with Crippen LogP contribution in [0.3, 0.4) is 0 Å². The van der Waals surface area contributed by atoms with E-state index in [9.17, 15) is 9.59 Å². The lowest BCUT2D eigenvalue weighted by molar-refractivity contribution is -0.140. The molecule has 0 bridgehead atoms. The molecule has 2 fully saturated rings. The first-order valence-corrected chi connectivity index (χ1v) is 10.7. The van der Waals surface area contributed by atoms with E-state index in [1.54, 1.807) is 18.1 Å². The third-order valence-corrected chi connectivity index (χ3v) is 6.02. The number of benzene rings is 2. The summed E-state index contributed by atoms with van der Waals surface area (Å²) in [6.45, 7) is 0.582. The topological polar surface area (TPSA) is 67.9 Å². The molecule has 1 saturated carbocycles. The lowest BCUT2D eigenvalue weighted by Crippen LogP contribution is -2.54. The molecular weight excluding hydrogens is 392 g/mol. The van der Waals surface area contributed by atoms with Crippen LogP contribution in [0.4, 0.5) is 0 Å². The first-order chi connectivity index (χ1) is 15.0. The van der Waals surface area contributed by atoms with Crippen molar-refractivity contribution in [2.45, 2.75) is 38.0 Å². The van der Waals surface area contributed by atoms with E-state index in [2.05, 4.69) is 5.32 Å². The zero-order chi connectivity index (χ0) is 21.8. The van der Waals surface area contributed by atoms with Gasteiger partial charge >= 0.3 is 0 Å². The maximum Gasteiger partial charge on any atom is 0.286 e. The Labute approximate surface area is 182 Å². The van der Waals surface area contributed by atoms with Gasteiger partial charge in [-0.15, -0.1) is 0 Å². The molecule has 3 atom stereocenters. The lowest BCUT2D eigenvalue weighted by Gasteiger charge is -2.40. The summed E-state index contributed by atoms with van der Waals surface area (Å²) in [4.78, 5) is 27.4. The summed E-state index contributed by atoms with van der Waals surface area (Å²) in [5, 5.41) is 3.06. The molecule has 0 radical (unpaired) electrons. The fraction of sp³-hybridized carbons (Fsp3) is 0.360. The predicted molar refractivity (Wildman–Crippen MR) is 118 cm³/mol. The van der Waals surface area contributed by atoms with Crippen molar-refractivity contribution in [1.82, 2.24) is 10.2 Å². The second kappa shape index (κ2) is 9.25. The highest BCUT2D eigenvalue weighted by Crippen LogP contribution is 2.33. The molecule has 1 heterocycles. The number of nitrogens with zero attached hydrogens (tertiary/aromatic N) is 1. The van der Waals surface area contributed by atoms with Crippen molar-refractivity contribution in [2.75, 3.05) is 14.2 Å². The van der Waals surface area contributed by atoms with E-state index in [1.807, 2.05) is 61.6 Å². The van der Waals surface area contributed by atoms with Crippen molar-refractivity contribution < 1.29 is 19.1 Å². The Kier molecular flexibility index (Phi) is 6.26. The Morgan fingerprint density at radius 3 is 2.68 bits per heavy atom. The fourth-order valence-corrected chi connectivity index (χ4v) is 4.39. The molecule has 2 amide bonds. The number of para-hydroxylation sites is 1. The van der Waals surface area contributed by atoms with Gasteiger partial charge in [0.05, 0.1) is 13.2 Å². The summed E-state index contributed by atoms with van der Waals surface area (Å²) in [5.74, 6) is 0.726. The number of morpholine rings is 1. The van der Waals surface area contributed by atoms with Crippen molar-refractivity contribution in [3.8, 4) is 5.75 Å². The van der Waals surface area contributed by atoms with Crippen LogP contribution < -0.4 is 10.1 Å². The molecule has 3 unspecified atom stereocenters. The van der Waals surface area contributed by atoms with Crippen LogP contribution in [0.5, 0.6) is 5.75 Å². The Morgan fingerprint density at radius 1 is 1.16 bits per heavy atom. The normalized spacial score (nSPS) is 24.0. The van der Waals surface area contributed by atoms with E-state index < -0.39 is 0 Å². The van der Waals surface area contributed by atoms with E-state index in [4.69, 9.17) is 9.47 Å². The summed E-state index contributed by atoms with van der Waals surface area (Å²) in [5.41, 5.74) is 1.90. The van der Waals surface area contributed by atoms with Crippen molar-refractivity contribution in [1.29, 1.82) is 0 Å². The minimum Gasteiger partial charge on any atom is -0.496 e. The molecular formula is C25H28N2O4. The van der Waals surface area contributed by atoms with Crippen LogP contribution in [0.15, 0.2) is 60.4 Å². The van der Waals surface area contributed by atoms with E-state index in [0.717, 1.165) is 24.0 Å². The van der Waals surface area contributed by atoms with Crippen LogP contribution in [0.2, 0.25) is 0 Å². The van der Waals surface area contributed by atoms with Crippen LogP contribution in [-0.4, -0.2) is 43.0 Å². The van der Waals surface area contributed by atoms with Gasteiger partial charge in [-0.3, -0.25) is 9.59 Å². The smallest absolute Gasteiger partial charge is 0.286 e. The Bertz CT molecular complexity index is 972. The molecule has 2 aromatic rings. The van der Waals surface area contributed by atoms with Gasteiger partial charge < -0.3 is 19.7 Å². The second-order valence-corrected chi connectivity index (χ2v) is 8.18. The average Bonchev–Trinajstić information content (AvgIpc) is 2.79. The SMILES string of the molecule is COc1ccccc1/C=C1\OC2CCC(C(=O)N(C)Cc3ccccc3)CC2NC1=O. The lowest BCUT2D eigenvalue weighted by atomic mass is 9.82. The van der Waals surface area contributed by atoms with E-state index in [-0.39, 0.29) is 35.6 Å². The molecule has 2 aliphatic rings. The summed E-state index contributed by atoms with van der Waals surface area (Å²) < 4.78 is 11.4. The van der Waals surface area contributed by atoms with Crippen molar-refractivity contribution in [2.24, 2.45) is 5.92 Å². The minimum atomic E-state index is -0.252. The van der Waals surface area contributed by atoms with Crippen molar-refractivity contribution in [3.05, 3.63) is 71.5 Å². The van der Waals surface area contributed by atoms with Crippen LogP contribution in [-0.2, 0) is 20.9 Å². The molecule has 2 aromatic carbocycles. The van der Waals surface area contributed by atoms with Gasteiger partial charge in [0.25, 0.3) is 5.91 Å². The summed E-state index contributed by atoms with van der Waals surface area (Å²) in [6, 6.07) is 17.3. The average molecular weight is 421 g/mol. The molecule has 162 valence electrons. The van der Waals surface area contributed by atoms with Crippen LogP contribution >= 0.6 is 0 Å². The fourth-order valence-electron chi connectivity index (χ4n) is 4.39. The molecule has 0 aromatic heterocycles. The molecule has 1 N–H and O–H groups in total. The second-order valence-electron chi connectivity index (χ2n) is 8.18. The number of hydrogen-bond donors (Lipinski definition) is 1. The van der Waals surface area contributed by atoms with Gasteiger partial charge in [-0.25, -0.2) is 0 Å². The first-order valence-electron chi connectivity index (χ1n) is 10.7. The van der Waals surface area contributed by atoms with Crippen molar-refractivity contribution >= 4 is 17.9 Å². The van der Waals surface area contributed by atoms with Crippen molar-refractivity contribution in [3.63, 3.8) is 0 Å². The largest absolute Gasteiger partial charge is 0.496 e. The number of rotatable bonds is 5. The summed E-state index contributed by atoms with van der Waals surface area (Å²) >= 11 is 0. The van der Waals surface area contributed by atoms with Crippen LogP contribution in [0, 0.1) is 5.92 Å². The Balaban J connectivity index is 1.40. The van der Waals surface area contributed by atoms with E-state index in [1.165, 1.54) is 0 Å². The third kappa shape index (κ3) is 4.74. The zero-order valence-electron chi connectivity index (χ0n) is 17.9. The van der Waals surface area contributed by atoms with E-state index in [0.29, 0.717) is 18.7 Å². The van der Waals surface area contributed by atoms with Crippen LogP contribution in [0.25, 0.3) is 6.08 Å². The molecule has 6 nitrogen and oxygen atoms in total. The quantitative estimate of drug-likeness (QED) is 0.753. The van der Waals surface area contributed by atoms with Gasteiger partial charge in [0.2, 0.25) is 5.91 Å². The third-order valence-electron chi connectivity index (χ3n) is 6.02. The number of carbonyl (C=O) groups excluding carboxylic acids is 2. The minimum absolute atomic E-state index is 0.112. The predicted octanol–water partition coefficient (Wildman–Crippen LogP) is 3.38. The number of hydrogen-bond acceptors (Lipinski definition) is 4. The molecule has 1 saturated heterocycles. The highest BCUT2D eigenvalue weighted by Gasteiger charge is 2.41. The van der Waals surface area contributed by atoms with Gasteiger partial charge in [0, 0.05) is 25.1 Å². The number of fused-ring (bicyclic) bond motifs is 1.